The molecule has 0 fully saturated rings. The van der Waals surface area contributed by atoms with Crippen molar-refractivity contribution in [3.05, 3.63) is 35.9 Å². The molecule has 184 valence electrons. The predicted molar refractivity (Wildman–Crippen MR) is 123 cm³/mol. The fourth-order valence-corrected chi connectivity index (χ4v) is 3.15. The van der Waals surface area contributed by atoms with E-state index in [-0.39, 0.29) is 11.8 Å². The SMILES string of the molecule is CCC(C)C(NC(=O)C(N)Cc1ccccc1)C(=O)NC(C(=O)NC(CO)C(=O)O)C(C)C. The zero-order valence-electron chi connectivity index (χ0n) is 19.6. The Bertz CT molecular complexity index is 801. The molecule has 0 aromatic heterocycles. The third kappa shape index (κ3) is 8.82. The van der Waals surface area contributed by atoms with Gasteiger partial charge in [-0.05, 0) is 23.8 Å². The van der Waals surface area contributed by atoms with Gasteiger partial charge < -0.3 is 31.9 Å². The summed E-state index contributed by atoms with van der Waals surface area (Å²) in [6.07, 6.45) is 0.882. The molecule has 0 spiro atoms. The lowest BCUT2D eigenvalue weighted by atomic mass is 9.95. The number of amides is 3. The molecule has 0 saturated carbocycles. The molecule has 10 nitrogen and oxygen atoms in total. The molecule has 1 aromatic carbocycles. The molecule has 1 rings (SSSR count). The number of hydrogen-bond donors (Lipinski definition) is 6. The molecule has 0 aliphatic rings. The third-order valence-corrected chi connectivity index (χ3v) is 5.47. The maximum Gasteiger partial charge on any atom is 0.328 e. The standard InChI is InChI=1S/C23H36N4O6/c1-5-14(4)19(27-20(29)16(24)11-15-9-7-6-8-10-15)22(31)26-18(13(2)3)21(30)25-17(12-28)23(32)33/h6-10,13-14,16-19,28H,5,11-12,24H2,1-4H3,(H,25,30)(H,26,31)(H,27,29)(H,32,33). The minimum absolute atomic E-state index is 0.252. The quantitative estimate of drug-likeness (QED) is 0.234. The van der Waals surface area contributed by atoms with Gasteiger partial charge in [-0.3, -0.25) is 14.4 Å². The lowest BCUT2D eigenvalue weighted by molar-refractivity contribution is -0.143. The highest BCUT2D eigenvalue weighted by Gasteiger charge is 2.33. The van der Waals surface area contributed by atoms with Crippen LogP contribution in [-0.4, -0.2) is 64.7 Å². The Morgan fingerprint density at radius 3 is 1.94 bits per heavy atom. The number of hydrogen-bond acceptors (Lipinski definition) is 6. The molecular weight excluding hydrogens is 428 g/mol. The van der Waals surface area contributed by atoms with E-state index in [0.29, 0.717) is 12.8 Å². The van der Waals surface area contributed by atoms with E-state index in [2.05, 4.69) is 16.0 Å². The lowest BCUT2D eigenvalue weighted by Crippen LogP contribution is -2.60. The van der Waals surface area contributed by atoms with E-state index in [9.17, 15) is 19.2 Å². The second kappa shape index (κ2) is 13.5. The summed E-state index contributed by atoms with van der Waals surface area (Å²) in [6, 6.07) is 4.91. The normalized spacial score (nSPS) is 15.6. The lowest BCUT2D eigenvalue weighted by Gasteiger charge is -2.29. The van der Waals surface area contributed by atoms with E-state index < -0.39 is 54.5 Å². The zero-order valence-corrected chi connectivity index (χ0v) is 19.6. The van der Waals surface area contributed by atoms with Gasteiger partial charge in [0.15, 0.2) is 0 Å². The second-order valence-corrected chi connectivity index (χ2v) is 8.48. The van der Waals surface area contributed by atoms with Crippen molar-refractivity contribution in [2.24, 2.45) is 17.6 Å². The Kier molecular flexibility index (Phi) is 11.5. The summed E-state index contributed by atoms with van der Waals surface area (Å²) in [7, 11) is 0. The van der Waals surface area contributed by atoms with Crippen LogP contribution in [0, 0.1) is 11.8 Å². The maximum atomic E-state index is 13.1. The van der Waals surface area contributed by atoms with Crippen molar-refractivity contribution in [3.63, 3.8) is 0 Å². The molecule has 0 saturated heterocycles. The Balaban J connectivity index is 2.92. The van der Waals surface area contributed by atoms with Crippen molar-refractivity contribution >= 4 is 23.7 Å². The first kappa shape index (κ1) is 28.1. The third-order valence-electron chi connectivity index (χ3n) is 5.47. The number of nitrogens with one attached hydrogen (secondary N) is 3. The van der Waals surface area contributed by atoms with Crippen molar-refractivity contribution in [1.82, 2.24) is 16.0 Å². The number of nitrogens with two attached hydrogens (primary N) is 1. The summed E-state index contributed by atoms with van der Waals surface area (Å²) in [5.74, 6) is -3.83. The van der Waals surface area contributed by atoms with Crippen LogP contribution in [0.3, 0.4) is 0 Å². The van der Waals surface area contributed by atoms with Gasteiger partial charge in [-0.1, -0.05) is 64.4 Å². The molecule has 0 radical (unpaired) electrons. The molecule has 33 heavy (non-hydrogen) atoms. The molecule has 5 atom stereocenters. The maximum absolute atomic E-state index is 13.1. The van der Waals surface area contributed by atoms with Crippen molar-refractivity contribution in [2.75, 3.05) is 6.61 Å². The molecule has 0 heterocycles. The number of benzene rings is 1. The van der Waals surface area contributed by atoms with Gasteiger partial charge in [-0.25, -0.2) is 4.79 Å². The number of aliphatic hydroxyl groups excluding tert-OH is 1. The Morgan fingerprint density at radius 1 is 0.909 bits per heavy atom. The van der Waals surface area contributed by atoms with Gasteiger partial charge in [0.05, 0.1) is 12.6 Å². The molecule has 7 N–H and O–H groups in total. The summed E-state index contributed by atoms with van der Waals surface area (Å²) in [4.78, 5) is 49.5. The average molecular weight is 465 g/mol. The molecule has 5 unspecified atom stereocenters. The number of carboxylic acids is 1. The van der Waals surface area contributed by atoms with E-state index in [1.165, 1.54) is 0 Å². The van der Waals surface area contributed by atoms with E-state index >= 15 is 0 Å². The summed E-state index contributed by atoms with van der Waals surface area (Å²) in [5.41, 5.74) is 6.94. The van der Waals surface area contributed by atoms with Gasteiger partial charge in [0, 0.05) is 0 Å². The summed E-state index contributed by atoms with van der Waals surface area (Å²) in [5, 5.41) is 25.7. The monoisotopic (exact) mass is 464 g/mol. The van der Waals surface area contributed by atoms with E-state index in [0.717, 1.165) is 5.56 Å². The highest BCUT2D eigenvalue weighted by Crippen LogP contribution is 2.11. The van der Waals surface area contributed by atoms with Crippen molar-refractivity contribution < 1.29 is 29.4 Å². The van der Waals surface area contributed by atoms with Crippen molar-refractivity contribution in [1.29, 1.82) is 0 Å². The number of aliphatic hydroxyl groups is 1. The van der Waals surface area contributed by atoms with E-state index in [4.69, 9.17) is 15.9 Å². The topological polar surface area (TPSA) is 171 Å². The summed E-state index contributed by atoms with van der Waals surface area (Å²) < 4.78 is 0. The predicted octanol–water partition coefficient (Wildman–Crippen LogP) is -0.210. The van der Waals surface area contributed by atoms with Crippen LogP contribution >= 0.6 is 0 Å². The highest BCUT2D eigenvalue weighted by molar-refractivity contribution is 5.94. The van der Waals surface area contributed by atoms with Crippen LogP contribution in [0.5, 0.6) is 0 Å². The minimum Gasteiger partial charge on any atom is -0.480 e. The molecular formula is C23H36N4O6. The molecule has 0 aliphatic carbocycles. The zero-order chi connectivity index (χ0) is 25.1. The van der Waals surface area contributed by atoms with Gasteiger partial charge in [-0.15, -0.1) is 0 Å². The van der Waals surface area contributed by atoms with Crippen LogP contribution in [0.25, 0.3) is 0 Å². The number of aliphatic carboxylic acids is 1. The van der Waals surface area contributed by atoms with Crippen LogP contribution in [0.15, 0.2) is 30.3 Å². The van der Waals surface area contributed by atoms with Gasteiger partial charge in [0.2, 0.25) is 17.7 Å². The number of carbonyl (C=O) groups is 4. The van der Waals surface area contributed by atoms with Gasteiger partial charge in [0.25, 0.3) is 0 Å². The Morgan fingerprint density at radius 2 is 1.45 bits per heavy atom. The van der Waals surface area contributed by atoms with Gasteiger partial charge in [0.1, 0.15) is 18.1 Å². The van der Waals surface area contributed by atoms with E-state index in [1.54, 1.807) is 20.8 Å². The number of carboxylic acid groups (broad SMARTS) is 1. The summed E-state index contributed by atoms with van der Waals surface area (Å²) in [6.45, 7) is 6.25. The smallest absolute Gasteiger partial charge is 0.328 e. The second-order valence-electron chi connectivity index (χ2n) is 8.48. The molecule has 1 aromatic rings. The van der Waals surface area contributed by atoms with Gasteiger partial charge >= 0.3 is 5.97 Å². The first-order chi connectivity index (χ1) is 15.5. The van der Waals surface area contributed by atoms with Crippen molar-refractivity contribution in [3.8, 4) is 0 Å². The van der Waals surface area contributed by atoms with Crippen LogP contribution in [0.4, 0.5) is 0 Å². The number of rotatable bonds is 13. The van der Waals surface area contributed by atoms with Crippen LogP contribution in [-0.2, 0) is 25.6 Å². The van der Waals surface area contributed by atoms with E-state index in [1.807, 2.05) is 37.3 Å². The molecule has 3 amide bonds. The van der Waals surface area contributed by atoms with Crippen LogP contribution < -0.4 is 21.7 Å². The minimum atomic E-state index is -1.49. The fourth-order valence-electron chi connectivity index (χ4n) is 3.15. The molecule has 10 heteroatoms. The average Bonchev–Trinajstić information content (AvgIpc) is 2.78. The largest absolute Gasteiger partial charge is 0.480 e. The summed E-state index contributed by atoms with van der Waals surface area (Å²) >= 11 is 0. The highest BCUT2D eigenvalue weighted by atomic mass is 16.4. The van der Waals surface area contributed by atoms with Gasteiger partial charge in [-0.2, -0.15) is 0 Å². The van der Waals surface area contributed by atoms with Crippen LogP contribution in [0.1, 0.15) is 39.7 Å². The Hall–Kier alpha value is -2.98. The van der Waals surface area contributed by atoms with Crippen molar-refractivity contribution in [2.45, 2.75) is 64.7 Å². The number of carbonyl (C=O) groups excluding carboxylic acids is 3. The molecule has 0 bridgehead atoms. The first-order valence-corrected chi connectivity index (χ1v) is 11.1. The molecule has 0 aliphatic heterocycles. The fraction of sp³-hybridized carbons (Fsp3) is 0.565. The van der Waals surface area contributed by atoms with Crippen LogP contribution in [0.2, 0.25) is 0 Å². The first-order valence-electron chi connectivity index (χ1n) is 11.1. The Labute approximate surface area is 194 Å².